The molecule has 0 aromatic carbocycles. The predicted molar refractivity (Wildman–Crippen MR) is 47.1 cm³/mol. The molecular formula is C9H11NO4. The van der Waals surface area contributed by atoms with Crippen molar-refractivity contribution in [1.82, 2.24) is 4.90 Å². The number of amides is 2. The van der Waals surface area contributed by atoms with E-state index in [1.54, 1.807) is 0 Å². The van der Waals surface area contributed by atoms with Crippen molar-refractivity contribution in [2.45, 2.75) is 26.7 Å². The number of aliphatic hydroxyl groups is 1. The molecule has 0 bridgehead atoms. The van der Waals surface area contributed by atoms with E-state index in [0.29, 0.717) is 0 Å². The molecule has 0 aliphatic carbocycles. The topological polar surface area (TPSA) is 74.7 Å². The highest BCUT2D eigenvalue weighted by Gasteiger charge is 2.34. The number of ketones is 1. The number of hydrogen-bond acceptors (Lipinski definition) is 4. The Morgan fingerprint density at radius 3 is 1.93 bits per heavy atom. The Balaban J connectivity index is 3.13. The van der Waals surface area contributed by atoms with Crippen molar-refractivity contribution in [2.24, 2.45) is 0 Å². The van der Waals surface area contributed by atoms with Gasteiger partial charge in [-0.1, -0.05) is 0 Å². The molecule has 5 nitrogen and oxygen atoms in total. The lowest BCUT2D eigenvalue weighted by molar-refractivity contribution is -0.138. The van der Waals surface area contributed by atoms with Crippen LogP contribution in [-0.4, -0.2) is 27.6 Å². The Bertz CT molecular complexity index is 323. The maximum Gasteiger partial charge on any atom is 0.234 e. The SMILES string of the molecule is CC(=O)/C(=C(/C)O)N1C(=O)CCC1=O. The lowest BCUT2D eigenvalue weighted by Crippen LogP contribution is -2.32. The standard InChI is InChI=1S/C9H11NO4/c1-5(11)9(6(2)12)10-7(13)3-4-8(10)14/h11H,3-4H2,1-2H3/b9-5+. The van der Waals surface area contributed by atoms with E-state index in [4.69, 9.17) is 0 Å². The van der Waals surface area contributed by atoms with E-state index in [9.17, 15) is 19.5 Å². The molecule has 14 heavy (non-hydrogen) atoms. The Morgan fingerprint density at radius 2 is 1.64 bits per heavy atom. The third-order valence-corrected chi connectivity index (χ3v) is 1.95. The summed E-state index contributed by atoms with van der Waals surface area (Å²) >= 11 is 0. The van der Waals surface area contributed by atoms with Crippen molar-refractivity contribution in [3.8, 4) is 0 Å². The highest BCUT2D eigenvalue weighted by molar-refractivity contribution is 6.10. The quantitative estimate of drug-likeness (QED) is 0.397. The minimum atomic E-state index is -0.492. The van der Waals surface area contributed by atoms with Gasteiger partial charge in [-0.25, -0.2) is 4.90 Å². The van der Waals surface area contributed by atoms with Gasteiger partial charge in [0.25, 0.3) is 0 Å². The molecule has 2 amide bonds. The summed E-state index contributed by atoms with van der Waals surface area (Å²) in [6.07, 6.45) is 0.200. The molecular weight excluding hydrogens is 186 g/mol. The van der Waals surface area contributed by atoms with Gasteiger partial charge in [-0.3, -0.25) is 14.4 Å². The van der Waals surface area contributed by atoms with Crippen LogP contribution in [0, 0.1) is 0 Å². The summed E-state index contributed by atoms with van der Waals surface area (Å²) in [6, 6.07) is 0. The number of likely N-dealkylation sites (tertiary alicyclic amines) is 1. The van der Waals surface area contributed by atoms with Crippen LogP contribution in [0.2, 0.25) is 0 Å². The molecule has 1 fully saturated rings. The van der Waals surface area contributed by atoms with Crippen molar-refractivity contribution in [1.29, 1.82) is 0 Å². The van der Waals surface area contributed by atoms with Crippen LogP contribution in [0.25, 0.3) is 0 Å². The average Bonchev–Trinajstić information content (AvgIpc) is 2.34. The Hall–Kier alpha value is -1.65. The van der Waals surface area contributed by atoms with Gasteiger partial charge < -0.3 is 5.11 Å². The number of aliphatic hydroxyl groups excluding tert-OH is 1. The minimum absolute atomic E-state index is 0.100. The lowest BCUT2D eigenvalue weighted by Gasteiger charge is -2.15. The number of carbonyl (C=O) groups excluding carboxylic acids is 3. The maximum atomic E-state index is 11.2. The first-order chi connectivity index (χ1) is 6.45. The third-order valence-electron chi connectivity index (χ3n) is 1.95. The van der Waals surface area contributed by atoms with E-state index in [1.165, 1.54) is 13.8 Å². The fourth-order valence-electron chi connectivity index (χ4n) is 1.40. The van der Waals surface area contributed by atoms with E-state index < -0.39 is 17.6 Å². The number of imide groups is 1. The minimum Gasteiger partial charge on any atom is -0.510 e. The molecule has 1 rings (SSSR count). The Labute approximate surface area is 81.0 Å². The summed E-state index contributed by atoms with van der Waals surface area (Å²) in [5.74, 6) is -1.67. The number of rotatable bonds is 2. The Kier molecular flexibility index (Phi) is 2.69. The number of Topliss-reactive ketones (excluding diaryl/α,β-unsaturated/α-hetero) is 1. The lowest BCUT2D eigenvalue weighted by atomic mass is 10.2. The smallest absolute Gasteiger partial charge is 0.234 e. The molecule has 5 heteroatoms. The van der Waals surface area contributed by atoms with Gasteiger partial charge in [0.2, 0.25) is 11.8 Å². The highest BCUT2D eigenvalue weighted by atomic mass is 16.3. The first-order valence-corrected chi connectivity index (χ1v) is 4.21. The second kappa shape index (κ2) is 3.61. The van der Waals surface area contributed by atoms with Crippen LogP contribution in [0.4, 0.5) is 0 Å². The van der Waals surface area contributed by atoms with Gasteiger partial charge in [-0.05, 0) is 6.92 Å². The molecule has 0 spiro atoms. The predicted octanol–water partition coefficient (Wildman–Crippen LogP) is 0.514. The molecule has 1 aliphatic heterocycles. The second-order valence-corrected chi connectivity index (χ2v) is 3.11. The monoisotopic (exact) mass is 197 g/mol. The van der Waals surface area contributed by atoms with Crippen molar-refractivity contribution in [3.63, 3.8) is 0 Å². The first kappa shape index (κ1) is 10.4. The van der Waals surface area contributed by atoms with Crippen LogP contribution in [-0.2, 0) is 14.4 Å². The molecule has 0 aromatic rings. The van der Waals surface area contributed by atoms with Crippen molar-refractivity contribution < 1.29 is 19.5 Å². The average molecular weight is 197 g/mol. The zero-order chi connectivity index (χ0) is 10.9. The summed E-state index contributed by atoms with van der Waals surface area (Å²) < 4.78 is 0. The molecule has 0 atom stereocenters. The van der Waals surface area contributed by atoms with Crippen LogP contribution in [0.1, 0.15) is 26.7 Å². The van der Waals surface area contributed by atoms with Crippen LogP contribution < -0.4 is 0 Å². The molecule has 1 heterocycles. The summed E-state index contributed by atoms with van der Waals surface area (Å²) in [5, 5.41) is 9.19. The molecule has 1 saturated heterocycles. The number of carbonyl (C=O) groups is 3. The van der Waals surface area contributed by atoms with Crippen LogP contribution in [0.15, 0.2) is 11.5 Å². The number of nitrogens with zero attached hydrogens (tertiary/aromatic N) is 1. The van der Waals surface area contributed by atoms with E-state index in [2.05, 4.69) is 0 Å². The summed E-state index contributed by atoms with van der Waals surface area (Å²) in [6.45, 7) is 2.48. The van der Waals surface area contributed by atoms with Crippen molar-refractivity contribution >= 4 is 17.6 Å². The first-order valence-electron chi connectivity index (χ1n) is 4.21. The summed E-state index contributed by atoms with van der Waals surface area (Å²) in [4.78, 5) is 34.3. The fourth-order valence-corrected chi connectivity index (χ4v) is 1.40. The van der Waals surface area contributed by atoms with Crippen LogP contribution >= 0.6 is 0 Å². The molecule has 0 radical (unpaired) electrons. The van der Waals surface area contributed by atoms with E-state index in [1.807, 2.05) is 0 Å². The highest BCUT2D eigenvalue weighted by Crippen LogP contribution is 2.20. The van der Waals surface area contributed by atoms with E-state index >= 15 is 0 Å². The van der Waals surface area contributed by atoms with Gasteiger partial charge >= 0.3 is 0 Å². The number of hydrogen-bond donors (Lipinski definition) is 1. The van der Waals surface area contributed by atoms with Gasteiger partial charge in [-0.2, -0.15) is 0 Å². The zero-order valence-corrected chi connectivity index (χ0v) is 8.03. The normalized spacial score (nSPS) is 18.6. The second-order valence-electron chi connectivity index (χ2n) is 3.11. The van der Waals surface area contributed by atoms with Crippen molar-refractivity contribution in [2.75, 3.05) is 0 Å². The zero-order valence-electron chi connectivity index (χ0n) is 8.03. The Morgan fingerprint density at radius 1 is 1.21 bits per heavy atom. The fraction of sp³-hybridized carbons (Fsp3) is 0.444. The van der Waals surface area contributed by atoms with Gasteiger partial charge in [0, 0.05) is 19.8 Å². The summed E-state index contributed by atoms with van der Waals surface area (Å²) in [7, 11) is 0. The third kappa shape index (κ3) is 1.66. The summed E-state index contributed by atoms with van der Waals surface area (Å²) in [5.41, 5.74) is -0.211. The van der Waals surface area contributed by atoms with Gasteiger partial charge in [0.05, 0.1) is 0 Å². The molecule has 0 unspecified atom stereocenters. The van der Waals surface area contributed by atoms with E-state index in [-0.39, 0.29) is 24.3 Å². The molecule has 1 N–H and O–H groups in total. The molecule has 76 valence electrons. The largest absolute Gasteiger partial charge is 0.510 e. The molecule has 1 aliphatic rings. The number of allylic oxidation sites excluding steroid dienone is 2. The van der Waals surface area contributed by atoms with Crippen LogP contribution in [0.5, 0.6) is 0 Å². The molecule has 0 aromatic heterocycles. The van der Waals surface area contributed by atoms with Crippen LogP contribution in [0.3, 0.4) is 0 Å². The van der Waals surface area contributed by atoms with Crippen molar-refractivity contribution in [3.05, 3.63) is 11.5 Å². The van der Waals surface area contributed by atoms with Gasteiger partial charge in [0.1, 0.15) is 11.5 Å². The van der Waals surface area contributed by atoms with Gasteiger partial charge in [-0.15, -0.1) is 0 Å². The molecule has 0 saturated carbocycles. The van der Waals surface area contributed by atoms with Gasteiger partial charge in [0.15, 0.2) is 5.78 Å². The van der Waals surface area contributed by atoms with E-state index in [0.717, 1.165) is 4.90 Å². The maximum absolute atomic E-state index is 11.2.